The average molecular weight is 492 g/mol. The van der Waals surface area contributed by atoms with Crippen molar-refractivity contribution in [2.75, 3.05) is 5.73 Å². The van der Waals surface area contributed by atoms with Gasteiger partial charge in [0.05, 0.1) is 11.6 Å². The lowest BCUT2D eigenvalue weighted by molar-refractivity contribution is -0.164. The first-order chi connectivity index (χ1) is 16.0. The summed E-state index contributed by atoms with van der Waals surface area (Å²) < 4.78 is 39.9. The van der Waals surface area contributed by atoms with Gasteiger partial charge in [-0.05, 0) is 37.3 Å². The summed E-state index contributed by atoms with van der Waals surface area (Å²) in [6, 6.07) is 2.65. The van der Waals surface area contributed by atoms with Crippen molar-refractivity contribution in [3.05, 3.63) is 41.4 Å². The van der Waals surface area contributed by atoms with Crippen molar-refractivity contribution in [2.45, 2.75) is 59.2 Å². The number of hydrogen-bond donors (Lipinski definition) is 4. The fourth-order valence-corrected chi connectivity index (χ4v) is 3.18. The zero-order valence-corrected chi connectivity index (χ0v) is 20.0. The highest BCUT2D eigenvalue weighted by Crippen LogP contribution is 2.35. The summed E-state index contributed by atoms with van der Waals surface area (Å²) in [5.41, 5.74) is 5.94. The number of nitrogen functional groups attached to an aromatic ring is 1. The van der Waals surface area contributed by atoms with Crippen LogP contribution in [0.1, 0.15) is 64.1 Å². The molecule has 0 bridgehead atoms. The molecule has 0 aliphatic heterocycles. The maximum absolute atomic E-state index is 13.1. The molecule has 0 spiro atoms. The molecule has 35 heavy (non-hydrogen) atoms. The Morgan fingerprint density at radius 1 is 1.34 bits per heavy atom. The van der Waals surface area contributed by atoms with E-state index >= 15 is 0 Å². The summed E-state index contributed by atoms with van der Waals surface area (Å²) in [7, 11) is 0. The van der Waals surface area contributed by atoms with E-state index in [2.05, 4.69) is 15.4 Å². The molecule has 0 radical (unpaired) electrons. The fraction of sp³-hybridized carbons (Fsp3) is 0.435. The third-order valence-corrected chi connectivity index (χ3v) is 5.11. The van der Waals surface area contributed by atoms with E-state index in [1.165, 1.54) is 24.4 Å². The Balaban J connectivity index is 2.22. The van der Waals surface area contributed by atoms with E-state index in [1.807, 2.05) is 20.8 Å². The summed E-state index contributed by atoms with van der Waals surface area (Å²) in [6.45, 7) is 8.27. The first-order valence-electron chi connectivity index (χ1n) is 10.6. The number of nitrogens with zero attached hydrogens (tertiary/aromatic N) is 4. The number of aliphatic hydroxyl groups is 1. The second kappa shape index (κ2) is 10.2. The van der Waals surface area contributed by atoms with E-state index in [0.29, 0.717) is 16.7 Å². The van der Waals surface area contributed by atoms with Gasteiger partial charge in [-0.15, -0.1) is 0 Å². The number of hydrogen-bond acceptors (Lipinski definition) is 7. The van der Waals surface area contributed by atoms with Crippen LogP contribution in [-0.2, 0) is 4.79 Å². The number of allylic oxidation sites excluding steroid dienone is 1. The largest absolute Gasteiger partial charge is 0.494 e. The summed E-state index contributed by atoms with van der Waals surface area (Å²) in [5, 5.41) is 33.5. The van der Waals surface area contributed by atoms with Crippen molar-refractivity contribution >= 4 is 17.4 Å². The van der Waals surface area contributed by atoms with Crippen LogP contribution in [0.3, 0.4) is 0 Å². The zero-order valence-electron chi connectivity index (χ0n) is 20.0. The van der Waals surface area contributed by atoms with Gasteiger partial charge in [-0.25, -0.2) is 4.68 Å². The van der Waals surface area contributed by atoms with E-state index in [4.69, 9.17) is 11.1 Å². The van der Waals surface area contributed by atoms with Crippen molar-refractivity contribution in [3.8, 4) is 17.5 Å². The number of halogens is 3. The highest BCUT2D eigenvalue weighted by molar-refractivity contribution is 5.94. The normalized spacial score (nSPS) is 14.2. The highest BCUT2D eigenvalue weighted by atomic mass is 19.4. The molecular weight excluding hydrogens is 463 g/mol. The van der Waals surface area contributed by atoms with Gasteiger partial charge >= 0.3 is 6.18 Å². The number of carbonyl (C=O) groups excluding carboxylic acids is 1. The molecule has 0 saturated heterocycles. The summed E-state index contributed by atoms with van der Waals surface area (Å²) >= 11 is 0. The Morgan fingerprint density at radius 2 is 1.97 bits per heavy atom. The van der Waals surface area contributed by atoms with Crippen LogP contribution in [0.25, 0.3) is 11.4 Å². The molecule has 12 heteroatoms. The fourth-order valence-electron chi connectivity index (χ4n) is 3.18. The second-order valence-corrected chi connectivity index (χ2v) is 9.36. The Hall–Kier alpha value is -3.88. The van der Waals surface area contributed by atoms with Crippen LogP contribution in [-0.4, -0.2) is 37.7 Å². The molecule has 2 rings (SSSR count). The molecule has 0 fully saturated rings. The number of carbonyl (C=O) groups is 1. The first-order valence-corrected chi connectivity index (χ1v) is 10.6. The van der Waals surface area contributed by atoms with Gasteiger partial charge in [0.25, 0.3) is 0 Å². The molecule has 0 aliphatic carbocycles. The van der Waals surface area contributed by atoms with Crippen molar-refractivity contribution in [1.29, 1.82) is 10.7 Å². The molecule has 0 aromatic carbocycles. The second-order valence-electron chi connectivity index (χ2n) is 9.36. The van der Waals surface area contributed by atoms with E-state index in [9.17, 15) is 28.3 Å². The molecule has 2 aromatic heterocycles. The van der Waals surface area contributed by atoms with Crippen molar-refractivity contribution in [1.82, 2.24) is 20.1 Å². The van der Waals surface area contributed by atoms with Crippen LogP contribution in [0.4, 0.5) is 19.0 Å². The number of aromatic nitrogens is 3. The number of anilines is 1. The van der Waals surface area contributed by atoms with Crippen LogP contribution < -0.4 is 11.1 Å². The molecule has 0 saturated carbocycles. The Morgan fingerprint density at radius 3 is 2.46 bits per heavy atom. The maximum Gasteiger partial charge on any atom is 0.410 e. The minimum atomic E-state index is -4.62. The van der Waals surface area contributed by atoms with Crippen LogP contribution in [0.15, 0.2) is 30.3 Å². The Kier molecular flexibility index (Phi) is 7.95. The summed E-state index contributed by atoms with van der Waals surface area (Å²) in [4.78, 5) is 16.7. The molecule has 2 heterocycles. The highest BCUT2D eigenvalue weighted by Gasteiger charge is 2.40. The monoisotopic (exact) mass is 491 g/mol. The number of nitriles is 1. The van der Waals surface area contributed by atoms with Crippen LogP contribution >= 0.6 is 0 Å². The smallest absolute Gasteiger partial charge is 0.410 e. The van der Waals surface area contributed by atoms with Gasteiger partial charge in [0.2, 0.25) is 5.91 Å². The predicted molar refractivity (Wildman–Crippen MR) is 124 cm³/mol. The van der Waals surface area contributed by atoms with E-state index < -0.39 is 35.7 Å². The number of nitrogens with one attached hydrogen (secondary N) is 2. The number of nitrogens with two attached hydrogens (primary N) is 1. The maximum atomic E-state index is 13.1. The SMILES string of the molecule is CC(C(=O)N/C(O)=C/C(=N)CC(C)(C)C)c1ccc(-c2nn(C(C)C(F)(F)F)c(N)c2C#N)nc1. The Bertz CT molecular complexity index is 1170. The summed E-state index contributed by atoms with van der Waals surface area (Å²) in [5.74, 6) is -2.20. The molecule has 2 unspecified atom stereocenters. The van der Waals surface area contributed by atoms with Gasteiger partial charge in [-0.3, -0.25) is 15.1 Å². The zero-order chi connectivity index (χ0) is 26.7. The molecule has 2 atom stereocenters. The number of rotatable bonds is 7. The molecular formula is C23H28F3N7O2. The predicted octanol–water partition coefficient (Wildman–Crippen LogP) is 4.60. The number of pyridine rings is 1. The Labute approximate surface area is 201 Å². The van der Waals surface area contributed by atoms with Gasteiger partial charge in [0.15, 0.2) is 5.88 Å². The van der Waals surface area contributed by atoms with Crippen LogP contribution in [0, 0.1) is 22.2 Å². The van der Waals surface area contributed by atoms with Gasteiger partial charge < -0.3 is 16.2 Å². The molecule has 9 nitrogen and oxygen atoms in total. The van der Waals surface area contributed by atoms with E-state index in [1.54, 1.807) is 13.0 Å². The van der Waals surface area contributed by atoms with E-state index in [-0.39, 0.29) is 28.1 Å². The molecule has 1 amide bonds. The standard InChI is InChI=1S/C23H28F3N7O2/c1-12(21(35)31-18(34)8-15(28)9-22(3,4)5)14-6-7-17(30-11-14)19-16(10-27)20(29)33(32-19)13(2)23(24,25)26/h6-8,11-13,28,34H,9,29H2,1-5H3,(H,31,35)/b18-8-,28-15?. The minimum absolute atomic E-state index is 0.108. The van der Waals surface area contributed by atoms with Crippen LogP contribution in [0.2, 0.25) is 0 Å². The lowest BCUT2D eigenvalue weighted by Gasteiger charge is -2.17. The molecule has 188 valence electrons. The number of alkyl halides is 3. The first kappa shape index (κ1) is 27.4. The topological polar surface area (TPSA) is 154 Å². The van der Waals surface area contributed by atoms with E-state index in [0.717, 1.165) is 6.92 Å². The van der Waals surface area contributed by atoms with Crippen LogP contribution in [0.5, 0.6) is 0 Å². The van der Waals surface area contributed by atoms with Crippen molar-refractivity contribution < 1.29 is 23.1 Å². The molecule has 0 aliphatic rings. The van der Waals surface area contributed by atoms with Gasteiger partial charge in [-0.1, -0.05) is 26.8 Å². The summed E-state index contributed by atoms with van der Waals surface area (Å²) in [6.07, 6.45) is -1.72. The van der Waals surface area contributed by atoms with Gasteiger partial charge in [-0.2, -0.15) is 23.5 Å². The molecule has 5 N–H and O–H groups in total. The minimum Gasteiger partial charge on any atom is -0.494 e. The lowest BCUT2D eigenvalue weighted by Crippen LogP contribution is -2.28. The lowest BCUT2D eigenvalue weighted by atomic mass is 9.89. The number of amides is 1. The quantitative estimate of drug-likeness (QED) is 0.328. The third-order valence-electron chi connectivity index (χ3n) is 5.11. The average Bonchev–Trinajstić information content (AvgIpc) is 3.06. The molecule has 2 aromatic rings. The number of aliphatic hydroxyl groups excluding tert-OH is 1. The van der Waals surface area contributed by atoms with Crippen molar-refractivity contribution in [2.24, 2.45) is 5.41 Å². The van der Waals surface area contributed by atoms with Gasteiger partial charge in [0, 0.05) is 18.0 Å². The van der Waals surface area contributed by atoms with Gasteiger partial charge in [0.1, 0.15) is 29.2 Å². The van der Waals surface area contributed by atoms with Crippen molar-refractivity contribution in [3.63, 3.8) is 0 Å². The third kappa shape index (κ3) is 6.81.